The molecule has 0 fully saturated rings. The van der Waals surface area contributed by atoms with Crippen LogP contribution in [-0.2, 0) is 6.42 Å². The van der Waals surface area contributed by atoms with Gasteiger partial charge in [0.15, 0.2) is 0 Å². The minimum atomic E-state index is -1.11. The summed E-state index contributed by atoms with van der Waals surface area (Å²) in [4.78, 5) is 0. The maximum atomic E-state index is 10.0. The number of hydrogen-bond donors (Lipinski definition) is 5. The predicted octanol–water partition coefficient (Wildman–Crippen LogP) is 1.79. The number of aromatic hydroxyl groups is 4. The summed E-state index contributed by atoms with van der Waals surface area (Å²) in [5.74, 6) is -0.312. The molecule has 0 aliphatic carbocycles. The van der Waals surface area contributed by atoms with E-state index in [4.69, 9.17) is 0 Å². The quantitative estimate of drug-likeness (QED) is 0.543. The molecule has 5 nitrogen and oxygen atoms in total. The standard InChI is InChI=1S/C14H14O5/c15-9-1-3-12(17)8(5-9)6-14(19)11-7-10(16)2-4-13(11)18/h1-5,7,14-19H,6H2. The van der Waals surface area contributed by atoms with Crippen LogP contribution < -0.4 is 0 Å². The molecular formula is C14H14O5. The SMILES string of the molecule is Oc1ccc(O)c(CC(O)c2cc(O)ccc2O)c1. The molecule has 2 aromatic carbocycles. The highest BCUT2D eigenvalue weighted by molar-refractivity contribution is 5.43. The molecule has 0 aromatic heterocycles. The minimum absolute atomic E-state index is 0.00273. The van der Waals surface area contributed by atoms with E-state index in [0.717, 1.165) is 0 Å². The number of aliphatic hydroxyl groups is 1. The Morgan fingerprint density at radius 1 is 0.789 bits per heavy atom. The number of phenols is 4. The van der Waals surface area contributed by atoms with Gasteiger partial charge in [0.1, 0.15) is 23.0 Å². The molecule has 19 heavy (non-hydrogen) atoms. The van der Waals surface area contributed by atoms with Gasteiger partial charge in [-0.15, -0.1) is 0 Å². The van der Waals surface area contributed by atoms with Crippen molar-refractivity contribution in [2.45, 2.75) is 12.5 Å². The van der Waals surface area contributed by atoms with Gasteiger partial charge in [-0.3, -0.25) is 0 Å². The topological polar surface area (TPSA) is 101 Å². The molecule has 0 radical (unpaired) electrons. The molecule has 1 unspecified atom stereocenters. The fraction of sp³-hybridized carbons (Fsp3) is 0.143. The van der Waals surface area contributed by atoms with E-state index >= 15 is 0 Å². The second-order valence-corrected chi connectivity index (χ2v) is 4.28. The number of rotatable bonds is 3. The summed E-state index contributed by atoms with van der Waals surface area (Å²) in [6.07, 6.45) is -1.11. The van der Waals surface area contributed by atoms with Crippen molar-refractivity contribution in [2.24, 2.45) is 0 Å². The van der Waals surface area contributed by atoms with E-state index in [0.29, 0.717) is 5.56 Å². The molecule has 0 aliphatic rings. The normalized spacial score (nSPS) is 12.3. The molecule has 2 aromatic rings. The Labute approximate surface area is 109 Å². The van der Waals surface area contributed by atoms with E-state index in [1.165, 1.54) is 36.4 Å². The molecule has 5 N–H and O–H groups in total. The van der Waals surface area contributed by atoms with Crippen LogP contribution in [0.2, 0.25) is 0 Å². The zero-order valence-electron chi connectivity index (χ0n) is 9.98. The van der Waals surface area contributed by atoms with E-state index in [1.54, 1.807) is 0 Å². The molecule has 0 saturated carbocycles. The van der Waals surface area contributed by atoms with E-state index in [9.17, 15) is 25.5 Å². The summed E-state index contributed by atoms with van der Waals surface area (Å²) < 4.78 is 0. The summed E-state index contributed by atoms with van der Waals surface area (Å²) >= 11 is 0. The Balaban J connectivity index is 2.27. The van der Waals surface area contributed by atoms with Gasteiger partial charge < -0.3 is 25.5 Å². The van der Waals surface area contributed by atoms with Gasteiger partial charge in [0.05, 0.1) is 6.10 Å². The molecule has 5 heteroatoms. The highest BCUT2D eigenvalue weighted by Crippen LogP contribution is 2.32. The van der Waals surface area contributed by atoms with E-state index in [-0.39, 0.29) is 35.0 Å². The lowest BCUT2D eigenvalue weighted by atomic mass is 9.99. The third kappa shape index (κ3) is 2.89. The third-order valence-electron chi connectivity index (χ3n) is 2.85. The molecule has 100 valence electrons. The maximum absolute atomic E-state index is 10.0. The van der Waals surface area contributed by atoms with Gasteiger partial charge in [0.25, 0.3) is 0 Å². The summed E-state index contributed by atoms with van der Waals surface area (Å²) in [5.41, 5.74) is 0.498. The second-order valence-electron chi connectivity index (χ2n) is 4.28. The van der Waals surface area contributed by atoms with Crippen LogP contribution in [-0.4, -0.2) is 25.5 Å². The lowest BCUT2D eigenvalue weighted by molar-refractivity contribution is 0.173. The van der Waals surface area contributed by atoms with Crippen LogP contribution in [0.4, 0.5) is 0 Å². The molecule has 0 amide bonds. The van der Waals surface area contributed by atoms with Crippen molar-refractivity contribution in [1.82, 2.24) is 0 Å². The van der Waals surface area contributed by atoms with Gasteiger partial charge in [-0.1, -0.05) is 0 Å². The molecule has 0 bridgehead atoms. The van der Waals surface area contributed by atoms with Crippen LogP contribution >= 0.6 is 0 Å². The Kier molecular flexibility index (Phi) is 3.48. The van der Waals surface area contributed by atoms with Crippen LogP contribution in [0.5, 0.6) is 23.0 Å². The van der Waals surface area contributed by atoms with Gasteiger partial charge in [0, 0.05) is 17.5 Å². The van der Waals surface area contributed by atoms with E-state index in [1.807, 2.05) is 0 Å². The summed E-state index contributed by atoms with van der Waals surface area (Å²) in [7, 11) is 0. The maximum Gasteiger partial charge on any atom is 0.121 e. The number of phenolic OH excluding ortho intramolecular Hbond substituents is 4. The van der Waals surface area contributed by atoms with Gasteiger partial charge in [-0.05, 0) is 36.4 Å². The van der Waals surface area contributed by atoms with Crippen molar-refractivity contribution in [3.05, 3.63) is 47.5 Å². The Morgan fingerprint density at radius 3 is 2.05 bits per heavy atom. The Hall–Kier alpha value is -2.40. The largest absolute Gasteiger partial charge is 0.508 e. The van der Waals surface area contributed by atoms with E-state index < -0.39 is 6.10 Å². The van der Waals surface area contributed by atoms with Crippen molar-refractivity contribution in [3.8, 4) is 23.0 Å². The van der Waals surface area contributed by atoms with Gasteiger partial charge in [0.2, 0.25) is 0 Å². The second kappa shape index (κ2) is 5.07. The van der Waals surface area contributed by atoms with E-state index in [2.05, 4.69) is 0 Å². The summed E-state index contributed by atoms with van der Waals surface area (Å²) in [5, 5.41) is 48.0. The predicted molar refractivity (Wildman–Crippen MR) is 68.2 cm³/mol. The van der Waals surface area contributed by atoms with Crippen LogP contribution in [0.15, 0.2) is 36.4 Å². The monoisotopic (exact) mass is 262 g/mol. The van der Waals surface area contributed by atoms with Gasteiger partial charge in [-0.2, -0.15) is 0 Å². The molecule has 0 aliphatic heterocycles. The van der Waals surface area contributed by atoms with Crippen LogP contribution in [0.3, 0.4) is 0 Å². The van der Waals surface area contributed by atoms with Crippen molar-refractivity contribution < 1.29 is 25.5 Å². The molecular weight excluding hydrogens is 248 g/mol. The molecule has 2 rings (SSSR count). The Bertz CT molecular complexity index is 594. The molecule has 1 atom stereocenters. The average Bonchev–Trinajstić information content (AvgIpc) is 2.36. The zero-order chi connectivity index (χ0) is 14.0. The Morgan fingerprint density at radius 2 is 1.37 bits per heavy atom. The number of benzene rings is 2. The first-order valence-corrected chi connectivity index (χ1v) is 5.68. The lowest BCUT2D eigenvalue weighted by Crippen LogP contribution is -2.02. The fourth-order valence-electron chi connectivity index (χ4n) is 1.86. The smallest absolute Gasteiger partial charge is 0.121 e. The summed E-state index contributed by atoms with van der Waals surface area (Å²) in [6.45, 7) is 0. The summed E-state index contributed by atoms with van der Waals surface area (Å²) in [6, 6.07) is 7.81. The zero-order valence-corrected chi connectivity index (χ0v) is 9.98. The first kappa shape index (κ1) is 13.0. The third-order valence-corrected chi connectivity index (χ3v) is 2.85. The number of hydrogen-bond acceptors (Lipinski definition) is 5. The molecule has 0 spiro atoms. The van der Waals surface area contributed by atoms with Crippen molar-refractivity contribution in [2.75, 3.05) is 0 Å². The lowest BCUT2D eigenvalue weighted by Gasteiger charge is -2.14. The average molecular weight is 262 g/mol. The van der Waals surface area contributed by atoms with Crippen LogP contribution in [0.25, 0.3) is 0 Å². The highest BCUT2D eigenvalue weighted by atomic mass is 16.3. The van der Waals surface area contributed by atoms with Crippen molar-refractivity contribution in [3.63, 3.8) is 0 Å². The first-order chi connectivity index (χ1) is 8.97. The van der Waals surface area contributed by atoms with Crippen LogP contribution in [0.1, 0.15) is 17.2 Å². The highest BCUT2D eigenvalue weighted by Gasteiger charge is 2.16. The number of aliphatic hydroxyl groups excluding tert-OH is 1. The first-order valence-electron chi connectivity index (χ1n) is 5.68. The fourth-order valence-corrected chi connectivity index (χ4v) is 1.86. The van der Waals surface area contributed by atoms with Crippen molar-refractivity contribution in [1.29, 1.82) is 0 Å². The van der Waals surface area contributed by atoms with Gasteiger partial charge in [-0.25, -0.2) is 0 Å². The van der Waals surface area contributed by atoms with Gasteiger partial charge >= 0.3 is 0 Å². The van der Waals surface area contributed by atoms with Crippen molar-refractivity contribution >= 4 is 0 Å². The minimum Gasteiger partial charge on any atom is -0.508 e. The van der Waals surface area contributed by atoms with Crippen LogP contribution in [0, 0.1) is 0 Å². The molecule has 0 heterocycles. The molecule has 0 saturated heterocycles.